The molecular formula is C28H27N3O3. The van der Waals surface area contributed by atoms with Gasteiger partial charge in [-0.2, -0.15) is 0 Å². The van der Waals surface area contributed by atoms with Crippen LogP contribution < -0.4 is 4.74 Å². The van der Waals surface area contributed by atoms with Gasteiger partial charge in [0.25, 0.3) is 11.8 Å². The van der Waals surface area contributed by atoms with E-state index in [2.05, 4.69) is 22.0 Å². The number of aromatic nitrogens is 1. The number of carbonyl (C=O) groups excluding carboxylic acids is 2. The molecule has 0 saturated heterocycles. The van der Waals surface area contributed by atoms with Crippen LogP contribution in [-0.2, 0) is 29.1 Å². The van der Waals surface area contributed by atoms with Gasteiger partial charge in [-0.3, -0.25) is 19.5 Å². The summed E-state index contributed by atoms with van der Waals surface area (Å²) in [7, 11) is 0. The van der Waals surface area contributed by atoms with Crippen molar-refractivity contribution < 1.29 is 14.3 Å². The van der Waals surface area contributed by atoms with Gasteiger partial charge in [-0.25, -0.2) is 0 Å². The first kappa shape index (κ1) is 21.9. The lowest BCUT2D eigenvalue weighted by Gasteiger charge is -2.31. The fraction of sp³-hybridized carbons (Fsp3) is 0.250. The van der Waals surface area contributed by atoms with Crippen molar-refractivity contribution >= 4 is 17.4 Å². The molecule has 5 rings (SSSR count). The normalized spacial score (nSPS) is 15.9. The molecule has 2 amide bonds. The molecule has 0 fully saturated rings. The fourth-order valence-corrected chi connectivity index (χ4v) is 4.59. The fourth-order valence-electron chi connectivity index (χ4n) is 4.59. The molecule has 0 spiro atoms. The Morgan fingerprint density at radius 1 is 0.941 bits per heavy atom. The van der Waals surface area contributed by atoms with Crippen molar-refractivity contribution in [2.45, 2.75) is 39.5 Å². The van der Waals surface area contributed by atoms with Gasteiger partial charge in [-0.05, 0) is 60.7 Å². The summed E-state index contributed by atoms with van der Waals surface area (Å²) < 4.78 is 5.77. The molecule has 172 valence electrons. The lowest BCUT2D eigenvalue weighted by atomic mass is 9.98. The predicted molar refractivity (Wildman–Crippen MR) is 129 cm³/mol. The number of rotatable bonds is 6. The molecule has 2 aromatic carbocycles. The summed E-state index contributed by atoms with van der Waals surface area (Å²) in [5, 5.41) is 0. The molecule has 2 aliphatic heterocycles. The molecule has 0 unspecified atom stereocenters. The zero-order valence-corrected chi connectivity index (χ0v) is 19.4. The van der Waals surface area contributed by atoms with Crippen molar-refractivity contribution in [2.75, 3.05) is 6.54 Å². The van der Waals surface area contributed by atoms with Gasteiger partial charge in [0.15, 0.2) is 0 Å². The van der Waals surface area contributed by atoms with Gasteiger partial charge >= 0.3 is 0 Å². The number of hydrogen-bond acceptors (Lipinski definition) is 5. The molecule has 0 radical (unpaired) electrons. The van der Waals surface area contributed by atoms with Crippen LogP contribution in [0.4, 0.5) is 0 Å². The Labute approximate surface area is 199 Å². The third kappa shape index (κ3) is 4.19. The van der Waals surface area contributed by atoms with Crippen molar-refractivity contribution in [1.82, 2.24) is 14.8 Å². The highest BCUT2D eigenvalue weighted by molar-refractivity contribution is 6.35. The summed E-state index contributed by atoms with van der Waals surface area (Å²) >= 11 is 0. The number of amides is 2. The van der Waals surface area contributed by atoms with Gasteiger partial charge in [0, 0.05) is 25.5 Å². The van der Waals surface area contributed by atoms with E-state index in [-0.39, 0.29) is 24.5 Å². The topological polar surface area (TPSA) is 62.7 Å². The molecule has 0 saturated carbocycles. The highest BCUT2D eigenvalue weighted by Crippen LogP contribution is 2.35. The second-order valence-electron chi connectivity index (χ2n) is 8.91. The molecular weight excluding hydrogens is 426 g/mol. The molecule has 0 atom stereocenters. The first-order valence-electron chi connectivity index (χ1n) is 11.6. The van der Waals surface area contributed by atoms with Crippen molar-refractivity contribution in [3.05, 3.63) is 101 Å². The summed E-state index contributed by atoms with van der Waals surface area (Å²) in [5.74, 6) is 0.197. The van der Waals surface area contributed by atoms with Gasteiger partial charge in [-0.15, -0.1) is 0 Å². The number of imide groups is 1. The van der Waals surface area contributed by atoms with E-state index in [1.807, 2.05) is 62.4 Å². The van der Waals surface area contributed by atoms with Crippen LogP contribution in [0, 0.1) is 0 Å². The number of hydrogen-bond donors (Lipinski definition) is 0. The number of carbonyl (C=O) groups is 2. The minimum atomic E-state index is -0.278. The Balaban J connectivity index is 1.53. The van der Waals surface area contributed by atoms with Gasteiger partial charge < -0.3 is 9.64 Å². The van der Waals surface area contributed by atoms with Crippen molar-refractivity contribution in [3.8, 4) is 5.75 Å². The third-order valence-electron chi connectivity index (χ3n) is 6.17. The van der Waals surface area contributed by atoms with E-state index in [1.165, 1.54) is 16.0 Å². The van der Waals surface area contributed by atoms with Crippen LogP contribution in [0.5, 0.6) is 5.75 Å². The Bertz CT molecular complexity index is 1250. The van der Waals surface area contributed by atoms with E-state index in [1.54, 1.807) is 12.4 Å². The molecule has 0 N–H and O–H groups in total. The van der Waals surface area contributed by atoms with Crippen LogP contribution >= 0.6 is 0 Å². The molecule has 2 aliphatic rings. The second kappa shape index (κ2) is 9.14. The Morgan fingerprint density at radius 2 is 1.71 bits per heavy atom. The quantitative estimate of drug-likeness (QED) is 0.524. The maximum atomic E-state index is 13.7. The van der Waals surface area contributed by atoms with E-state index in [0.29, 0.717) is 24.4 Å². The third-order valence-corrected chi connectivity index (χ3v) is 6.17. The summed E-state index contributed by atoms with van der Waals surface area (Å²) in [4.78, 5) is 34.9. The summed E-state index contributed by atoms with van der Waals surface area (Å²) in [6.45, 7) is 5.42. The standard InChI is InChI=1S/C28H27N3O3/c1-19(2)34-24-11-9-22(10-12-24)25-26(30-15-13-21-7-3-4-8-23(21)18-30)28(33)31(27(25)32)17-20-6-5-14-29-16-20/h3-12,14,16,19H,13,15,17-18H2,1-2H3. The maximum absolute atomic E-state index is 13.7. The van der Waals surface area contributed by atoms with Crippen LogP contribution in [0.1, 0.15) is 36.1 Å². The molecule has 34 heavy (non-hydrogen) atoms. The zero-order valence-electron chi connectivity index (χ0n) is 19.4. The predicted octanol–water partition coefficient (Wildman–Crippen LogP) is 4.21. The van der Waals surface area contributed by atoms with Gasteiger partial charge in [0.2, 0.25) is 0 Å². The van der Waals surface area contributed by atoms with Crippen LogP contribution in [0.15, 0.2) is 78.8 Å². The molecule has 6 heteroatoms. The highest BCUT2D eigenvalue weighted by Gasteiger charge is 2.42. The summed E-state index contributed by atoms with van der Waals surface area (Å²) in [5.41, 5.74) is 4.93. The van der Waals surface area contributed by atoms with Crippen molar-refractivity contribution in [3.63, 3.8) is 0 Å². The van der Waals surface area contributed by atoms with Gasteiger partial charge in [0.1, 0.15) is 11.4 Å². The Kier molecular flexibility index (Phi) is 5.88. The van der Waals surface area contributed by atoms with Crippen molar-refractivity contribution in [2.24, 2.45) is 0 Å². The minimum absolute atomic E-state index is 0.0544. The average molecular weight is 454 g/mol. The molecule has 3 heterocycles. The van der Waals surface area contributed by atoms with Crippen LogP contribution in [0.2, 0.25) is 0 Å². The second-order valence-corrected chi connectivity index (χ2v) is 8.91. The largest absolute Gasteiger partial charge is 0.491 e. The van der Waals surface area contributed by atoms with Crippen molar-refractivity contribution in [1.29, 1.82) is 0 Å². The van der Waals surface area contributed by atoms with Gasteiger partial charge in [-0.1, -0.05) is 42.5 Å². The SMILES string of the molecule is CC(C)Oc1ccc(C2=C(N3CCc4ccccc4C3)C(=O)N(Cc3cccnc3)C2=O)cc1. The van der Waals surface area contributed by atoms with E-state index >= 15 is 0 Å². The van der Waals surface area contributed by atoms with Gasteiger partial charge in [0.05, 0.1) is 18.2 Å². The monoisotopic (exact) mass is 453 g/mol. The summed E-state index contributed by atoms with van der Waals surface area (Å²) in [6, 6.07) is 19.4. The first-order chi connectivity index (χ1) is 16.5. The number of nitrogens with zero attached hydrogens (tertiary/aromatic N) is 3. The smallest absolute Gasteiger partial charge is 0.278 e. The lowest BCUT2D eigenvalue weighted by molar-refractivity contribution is -0.138. The highest BCUT2D eigenvalue weighted by atomic mass is 16.5. The molecule has 0 bridgehead atoms. The van der Waals surface area contributed by atoms with E-state index in [4.69, 9.17) is 4.74 Å². The molecule has 3 aromatic rings. The number of pyridine rings is 1. The molecule has 0 aliphatic carbocycles. The first-order valence-corrected chi connectivity index (χ1v) is 11.6. The Morgan fingerprint density at radius 3 is 2.41 bits per heavy atom. The molecule has 1 aromatic heterocycles. The van der Waals surface area contributed by atoms with Crippen LogP contribution in [0.25, 0.3) is 5.57 Å². The van der Waals surface area contributed by atoms with E-state index < -0.39 is 0 Å². The average Bonchev–Trinajstić information content (AvgIpc) is 3.09. The van der Waals surface area contributed by atoms with Crippen LogP contribution in [-0.4, -0.2) is 39.2 Å². The van der Waals surface area contributed by atoms with E-state index in [9.17, 15) is 9.59 Å². The maximum Gasteiger partial charge on any atom is 0.278 e. The van der Waals surface area contributed by atoms with E-state index in [0.717, 1.165) is 23.3 Å². The zero-order chi connectivity index (χ0) is 23.7. The molecule has 6 nitrogen and oxygen atoms in total. The Hall–Kier alpha value is -3.93. The summed E-state index contributed by atoms with van der Waals surface area (Å²) in [6.07, 6.45) is 4.25. The minimum Gasteiger partial charge on any atom is -0.491 e. The number of fused-ring (bicyclic) bond motifs is 1. The van der Waals surface area contributed by atoms with Crippen LogP contribution in [0.3, 0.4) is 0 Å². The number of benzene rings is 2. The lowest BCUT2D eigenvalue weighted by Crippen LogP contribution is -2.37. The number of ether oxygens (including phenoxy) is 1.